The van der Waals surface area contributed by atoms with Gasteiger partial charge in [-0.25, -0.2) is 13.1 Å². The molecule has 0 bridgehead atoms. The molecule has 1 saturated heterocycles. The lowest BCUT2D eigenvalue weighted by atomic mass is 10.0. The van der Waals surface area contributed by atoms with Gasteiger partial charge in [-0.15, -0.1) is 0 Å². The first-order valence-corrected chi connectivity index (χ1v) is 11.9. The number of rotatable bonds is 8. The van der Waals surface area contributed by atoms with Crippen LogP contribution in [0.25, 0.3) is 0 Å². The Kier molecular flexibility index (Phi) is 7.23. The molecular weight excluding hydrogens is 416 g/mol. The molecule has 1 heterocycles. The quantitative estimate of drug-likeness (QED) is 0.669. The second-order valence-electron chi connectivity index (χ2n) is 7.67. The molecule has 1 fully saturated rings. The SMILES string of the molecule is CC[C@@H](NS(=O)(=O)c1ccc(OC)c(C(=O)N2CCCC2)c1)c1ccc(OC)c(C)c1. The van der Waals surface area contributed by atoms with E-state index in [1.807, 2.05) is 32.0 Å². The Morgan fingerprint density at radius 3 is 2.29 bits per heavy atom. The highest BCUT2D eigenvalue weighted by molar-refractivity contribution is 7.89. The minimum absolute atomic E-state index is 0.0412. The van der Waals surface area contributed by atoms with Crippen LogP contribution in [0.15, 0.2) is 41.3 Å². The topological polar surface area (TPSA) is 84.9 Å². The Morgan fingerprint density at radius 1 is 1.06 bits per heavy atom. The van der Waals surface area contributed by atoms with Crippen LogP contribution in [-0.2, 0) is 10.0 Å². The normalized spacial score (nSPS) is 15.0. The molecule has 2 aromatic carbocycles. The van der Waals surface area contributed by atoms with E-state index in [4.69, 9.17) is 9.47 Å². The van der Waals surface area contributed by atoms with Gasteiger partial charge in [-0.3, -0.25) is 4.79 Å². The Morgan fingerprint density at radius 2 is 1.71 bits per heavy atom. The van der Waals surface area contributed by atoms with Gasteiger partial charge < -0.3 is 14.4 Å². The van der Waals surface area contributed by atoms with E-state index in [1.54, 1.807) is 12.0 Å². The van der Waals surface area contributed by atoms with Crippen molar-refractivity contribution in [3.8, 4) is 11.5 Å². The number of carbonyl (C=O) groups excluding carboxylic acids is 1. The van der Waals surface area contributed by atoms with Gasteiger partial charge in [0, 0.05) is 19.1 Å². The fraction of sp³-hybridized carbons (Fsp3) is 0.435. The molecule has 2 aromatic rings. The molecule has 1 amide bonds. The number of sulfonamides is 1. The lowest BCUT2D eigenvalue weighted by molar-refractivity contribution is 0.0789. The van der Waals surface area contributed by atoms with E-state index in [9.17, 15) is 13.2 Å². The monoisotopic (exact) mass is 446 g/mol. The summed E-state index contributed by atoms with van der Waals surface area (Å²) >= 11 is 0. The van der Waals surface area contributed by atoms with Crippen LogP contribution >= 0.6 is 0 Å². The first kappa shape index (κ1) is 23.1. The maximum absolute atomic E-state index is 13.2. The van der Waals surface area contributed by atoms with Crippen LogP contribution in [-0.4, -0.2) is 46.5 Å². The molecule has 0 aliphatic carbocycles. The second kappa shape index (κ2) is 9.70. The van der Waals surface area contributed by atoms with Crippen LogP contribution in [0.4, 0.5) is 0 Å². The molecule has 0 aromatic heterocycles. The van der Waals surface area contributed by atoms with Gasteiger partial charge >= 0.3 is 0 Å². The van der Waals surface area contributed by atoms with E-state index in [1.165, 1.54) is 25.3 Å². The van der Waals surface area contributed by atoms with Gasteiger partial charge in [-0.05, 0) is 61.6 Å². The lowest BCUT2D eigenvalue weighted by Crippen LogP contribution is -2.30. The van der Waals surface area contributed by atoms with Gasteiger partial charge in [-0.1, -0.05) is 19.1 Å². The van der Waals surface area contributed by atoms with Crippen molar-refractivity contribution in [1.29, 1.82) is 0 Å². The number of hydrogen-bond donors (Lipinski definition) is 1. The number of ether oxygens (including phenoxy) is 2. The van der Waals surface area contributed by atoms with Crippen molar-refractivity contribution < 1.29 is 22.7 Å². The number of benzene rings is 2. The first-order valence-electron chi connectivity index (χ1n) is 10.4. The first-order chi connectivity index (χ1) is 14.8. The Balaban J connectivity index is 1.90. The second-order valence-corrected chi connectivity index (χ2v) is 9.39. The van der Waals surface area contributed by atoms with Crippen molar-refractivity contribution >= 4 is 15.9 Å². The van der Waals surface area contributed by atoms with Crippen LogP contribution < -0.4 is 14.2 Å². The van der Waals surface area contributed by atoms with Crippen molar-refractivity contribution in [3.63, 3.8) is 0 Å². The minimum atomic E-state index is -3.86. The summed E-state index contributed by atoms with van der Waals surface area (Å²) in [6, 6.07) is 9.62. The maximum Gasteiger partial charge on any atom is 0.257 e. The van der Waals surface area contributed by atoms with Crippen molar-refractivity contribution in [1.82, 2.24) is 9.62 Å². The summed E-state index contributed by atoms with van der Waals surface area (Å²) in [5.74, 6) is 0.916. The predicted octanol–water partition coefficient (Wildman–Crippen LogP) is 3.68. The lowest BCUT2D eigenvalue weighted by Gasteiger charge is -2.20. The average molecular weight is 447 g/mol. The zero-order valence-electron chi connectivity index (χ0n) is 18.5. The summed E-state index contributed by atoms with van der Waals surface area (Å²) in [5.41, 5.74) is 2.05. The van der Waals surface area contributed by atoms with E-state index < -0.39 is 16.1 Å². The van der Waals surface area contributed by atoms with Crippen molar-refractivity contribution in [2.75, 3.05) is 27.3 Å². The van der Waals surface area contributed by atoms with Crippen molar-refractivity contribution in [3.05, 3.63) is 53.1 Å². The minimum Gasteiger partial charge on any atom is -0.496 e. The van der Waals surface area contributed by atoms with Gasteiger partial charge in [0.2, 0.25) is 10.0 Å². The van der Waals surface area contributed by atoms with Crippen molar-refractivity contribution in [2.24, 2.45) is 0 Å². The smallest absolute Gasteiger partial charge is 0.257 e. The molecule has 3 rings (SSSR count). The molecule has 7 nitrogen and oxygen atoms in total. The van der Waals surface area contributed by atoms with Crippen molar-refractivity contribution in [2.45, 2.75) is 44.0 Å². The molecule has 1 aliphatic rings. The third-order valence-corrected chi connectivity index (χ3v) is 7.10. The maximum atomic E-state index is 13.2. The van der Waals surface area contributed by atoms with Crippen LogP contribution in [0.1, 0.15) is 53.7 Å². The standard InChI is InChI=1S/C23H30N2O5S/c1-5-20(17-8-10-21(29-3)16(2)14-17)24-31(27,28)18-9-11-22(30-4)19(15-18)23(26)25-12-6-7-13-25/h8-11,14-15,20,24H,5-7,12-13H2,1-4H3/t20-/m1/s1. The van der Waals surface area contributed by atoms with Crippen LogP contribution in [0.2, 0.25) is 0 Å². The summed E-state index contributed by atoms with van der Waals surface area (Å²) in [6.45, 7) is 5.18. The third-order valence-electron chi connectivity index (χ3n) is 5.63. The molecule has 31 heavy (non-hydrogen) atoms. The molecule has 168 valence electrons. The average Bonchev–Trinajstić information content (AvgIpc) is 3.31. The Hall–Kier alpha value is -2.58. The number of aryl methyl sites for hydroxylation is 1. The van der Waals surface area contributed by atoms with E-state index in [-0.39, 0.29) is 16.4 Å². The van der Waals surface area contributed by atoms with Crippen LogP contribution in [0, 0.1) is 6.92 Å². The van der Waals surface area contributed by atoms with E-state index in [0.717, 1.165) is 29.7 Å². The fourth-order valence-electron chi connectivity index (χ4n) is 3.87. The number of nitrogens with zero attached hydrogens (tertiary/aromatic N) is 1. The van der Waals surface area contributed by atoms with E-state index in [2.05, 4.69) is 4.72 Å². The van der Waals surface area contributed by atoms with E-state index in [0.29, 0.717) is 25.3 Å². The largest absolute Gasteiger partial charge is 0.496 e. The summed E-state index contributed by atoms with van der Waals surface area (Å²) in [5, 5.41) is 0. The number of nitrogens with one attached hydrogen (secondary N) is 1. The van der Waals surface area contributed by atoms with E-state index >= 15 is 0 Å². The summed E-state index contributed by atoms with van der Waals surface area (Å²) in [6.07, 6.45) is 2.47. The highest BCUT2D eigenvalue weighted by Gasteiger charge is 2.26. The zero-order valence-corrected chi connectivity index (χ0v) is 19.3. The van der Waals surface area contributed by atoms with Crippen LogP contribution in [0.5, 0.6) is 11.5 Å². The predicted molar refractivity (Wildman–Crippen MR) is 119 cm³/mol. The molecule has 0 radical (unpaired) electrons. The highest BCUT2D eigenvalue weighted by atomic mass is 32.2. The fourth-order valence-corrected chi connectivity index (χ4v) is 5.21. The van der Waals surface area contributed by atoms with Gasteiger partial charge in [-0.2, -0.15) is 0 Å². The number of likely N-dealkylation sites (tertiary alicyclic amines) is 1. The number of methoxy groups -OCH3 is 2. The Bertz CT molecular complexity index is 1050. The summed E-state index contributed by atoms with van der Waals surface area (Å²) in [7, 11) is -0.783. The number of hydrogen-bond acceptors (Lipinski definition) is 5. The molecule has 1 atom stereocenters. The Labute approximate surface area is 184 Å². The van der Waals surface area contributed by atoms with Gasteiger partial charge in [0.15, 0.2) is 0 Å². The van der Waals surface area contributed by atoms with Gasteiger partial charge in [0.05, 0.1) is 24.7 Å². The molecule has 0 unspecified atom stereocenters. The molecule has 0 saturated carbocycles. The van der Waals surface area contributed by atoms with Gasteiger partial charge in [0.25, 0.3) is 5.91 Å². The molecule has 8 heteroatoms. The van der Waals surface area contributed by atoms with Gasteiger partial charge in [0.1, 0.15) is 11.5 Å². The summed E-state index contributed by atoms with van der Waals surface area (Å²) in [4.78, 5) is 14.7. The summed E-state index contributed by atoms with van der Waals surface area (Å²) < 4.78 is 39.8. The number of carbonyl (C=O) groups is 1. The van der Waals surface area contributed by atoms with Crippen LogP contribution in [0.3, 0.4) is 0 Å². The molecule has 1 aliphatic heterocycles. The molecule has 0 spiro atoms. The zero-order chi connectivity index (χ0) is 22.6. The molecular formula is C23H30N2O5S. The number of amides is 1. The third kappa shape index (κ3) is 5.02. The molecule has 1 N–H and O–H groups in total. The highest BCUT2D eigenvalue weighted by Crippen LogP contribution is 2.28.